The summed E-state index contributed by atoms with van der Waals surface area (Å²) in [5, 5.41) is 10.8. The summed E-state index contributed by atoms with van der Waals surface area (Å²) in [5.41, 5.74) is 1.65. The molecule has 1 N–H and O–H groups in total. The van der Waals surface area contributed by atoms with Gasteiger partial charge in [0.05, 0.1) is 0 Å². The topological polar surface area (TPSA) is 42.4 Å². The summed E-state index contributed by atoms with van der Waals surface area (Å²) in [5.74, 6) is 0.638. The monoisotopic (exact) mass is 277 g/mol. The van der Waals surface area contributed by atoms with E-state index in [1.54, 1.807) is 18.3 Å². The van der Waals surface area contributed by atoms with Gasteiger partial charge in [-0.1, -0.05) is 23.7 Å². The molecule has 0 spiro atoms. The maximum atomic E-state index is 10.2. The third-order valence-electron chi connectivity index (χ3n) is 2.84. The lowest BCUT2D eigenvalue weighted by Crippen LogP contribution is -2.21. The van der Waals surface area contributed by atoms with Gasteiger partial charge >= 0.3 is 0 Å². The molecule has 4 heteroatoms. The molecule has 2 unspecified atom stereocenters. The van der Waals surface area contributed by atoms with Gasteiger partial charge in [-0.05, 0) is 38.1 Å². The number of aromatic nitrogens is 1. The van der Waals surface area contributed by atoms with Crippen LogP contribution < -0.4 is 4.74 Å². The molecule has 0 radical (unpaired) electrons. The number of rotatable bonds is 4. The molecular weight excluding hydrogens is 262 g/mol. The lowest BCUT2D eigenvalue weighted by atomic mass is 10.1. The fourth-order valence-corrected chi connectivity index (χ4v) is 1.92. The van der Waals surface area contributed by atoms with Crippen LogP contribution in [0.15, 0.2) is 42.6 Å². The molecule has 1 aromatic carbocycles. The highest BCUT2D eigenvalue weighted by Gasteiger charge is 2.18. The minimum Gasteiger partial charge on any atom is -0.488 e. The summed E-state index contributed by atoms with van der Waals surface area (Å²) in [4.78, 5) is 4.17. The molecule has 0 amide bonds. The molecule has 1 aromatic heterocycles. The first kappa shape index (κ1) is 13.8. The van der Waals surface area contributed by atoms with Gasteiger partial charge in [0.2, 0.25) is 0 Å². The molecule has 2 aromatic rings. The smallest absolute Gasteiger partial charge is 0.126 e. The zero-order chi connectivity index (χ0) is 13.8. The van der Waals surface area contributed by atoms with E-state index in [4.69, 9.17) is 16.3 Å². The van der Waals surface area contributed by atoms with Gasteiger partial charge in [-0.15, -0.1) is 0 Å². The van der Waals surface area contributed by atoms with Crippen molar-refractivity contribution in [1.29, 1.82) is 0 Å². The number of aryl methyl sites for hydroxylation is 1. The van der Waals surface area contributed by atoms with E-state index in [0.29, 0.717) is 10.8 Å². The van der Waals surface area contributed by atoms with E-state index < -0.39 is 6.10 Å². The van der Waals surface area contributed by atoms with Crippen molar-refractivity contribution in [3.63, 3.8) is 0 Å². The molecular formula is C15H16ClNO2. The van der Waals surface area contributed by atoms with Crippen LogP contribution in [0.5, 0.6) is 5.75 Å². The third-order valence-corrected chi connectivity index (χ3v) is 3.07. The molecule has 3 nitrogen and oxygen atoms in total. The van der Waals surface area contributed by atoms with Gasteiger partial charge in [-0.25, -0.2) is 0 Å². The maximum absolute atomic E-state index is 10.2. The second-order valence-electron chi connectivity index (χ2n) is 4.46. The van der Waals surface area contributed by atoms with Crippen LogP contribution >= 0.6 is 11.6 Å². The van der Waals surface area contributed by atoms with Crippen LogP contribution in [-0.4, -0.2) is 16.2 Å². The Bertz CT molecular complexity index is 542. The van der Waals surface area contributed by atoms with Crippen molar-refractivity contribution in [3.8, 4) is 5.75 Å². The molecule has 2 atom stereocenters. The quantitative estimate of drug-likeness (QED) is 0.929. The molecule has 0 fully saturated rings. The first-order valence-electron chi connectivity index (χ1n) is 6.09. The third kappa shape index (κ3) is 3.69. The Morgan fingerprint density at radius 3 is 2.68 bits per heavy atom. The Kier molecular flexibility index (Phi) is 4.40. The number of nitrogens with zero attached hydrogens (tertiary/aromatic N) is 1. The maximum Gasteiger partial charge on any atom is 0.126 e. The molecule has 0 saturated heterocycles. The second kappa shape index (κ2) is 6.04. The van der Waals surface area contributed by atoms with E-state index in [0.717, 1.165) is 11.3 Å². The van der Waals surface area contributed by atoms with Crippen LogP contribution in [0, 0.1) is 6.92 Å². The van der Waals surface area contributed by atoms with Crippen molar-refractivity contribution < 1.29 is 9.84 Å². The molecule has 0 aliphatic carbocycles. The van der Waals surface area contributed by atoms with Gasteiger partial charge in [-0.2, -0.15) is 0 Å². The van der Waals surface area contributed by atoms with Crippen LogP contribution in [0.1, 0.15) is 24.3 Å². The SMILES string of the molecule is Cc1ccc(C(O)C(C)Oc2cccc(Cl)c2)cn1. The Labute approximate surface area is 117 Å². The molecule has 19 heavy (non-hydrogen) atoms. The van der Waals surface area contributed by atoms with Crippen LogP contribution in [0.3, 0.4) is 0 Å². The summed E-state index contributed by atoms with van der Waals surface area (Å²) in [7, 11) is 0. The first-order valence-corrected chi connectivity index (χ1v) is 6.47. The highest BCUT2D eigenvalue weighted by atomic mass is 35.5. The summed E-state index contributed by atoms with van der Waals surface area (Å²) in [6.45, 7) is 3.72. The number of aliphatic hydroxyl groups is 1. The number of hydrogen-bond acceptors (Lipinski definition) is 3. The van der Waals surface area contributed by atoms with Crippen molar-refractivity contribution in [2.24, 2.45) is 0 Å². The predicted octanol–water partition coefficient (Wildman–Crippen LogP) is 3.54. The number of hydrogen-bond donors (Lipinski definition) is 1. The molecule has 2 rings (SSSR count). The van der Waals surface area contributed by atoms with E-state index in [1.807, 2.05) is 38.1 Å². The summed E-state index contributed by atoms with van der Waals surface area (Å²) < 4.78 is 5.68. The average Bonchev–Trinajstić information content (AvgIpc) is 2.39. The van der Waals surface area contributed by atoms with Gasteiger partial charge in [0.15, 0.2) is 0 Å². The Balaban J connectivity index is 2.07. The lowest BCUT2D eigenvalue weighted by Gasteiger charge is -2.20. The summed E-state index contributed by atoms with van der Waals surface area (Å²) in [6.07, 6.45) is 0.549. The van der Waals surface area contributed by atoms with Crippen molar-refractivity contribution >= 4 is 11.6 Å². The van der Waals surface area contributed by atoms with Crippen LogP contribution in [0.2, 0.25) is 5.02 Å². The number of pyridine rings is 1. The average molecular weight is 278 g/mol. The van der Waals surface area contributed by atoms with Gasteiger partial charge in [-0.3, -0.25) is 4.98 Å². The Morgan fingerprint density at radius 1 is 1.26 bits per heavy atom. The number of aliphatic hydroxyl groups excluding tert-OH is 1. The molecule has 0 aliphatic heterocycles. The van der Waals surface area contributed by atoms with E-state index in [-0.39, 0.29) is 6.10 Å². The zero-order valence-electron chi connectivity index (χ0n) is 10.9. The number of ether oxygens (including phenoxy) is 1. The van der Waals surface area contributed by atoms with Crippen molar-refractivity contribution in [1.82, 2.24) is 4.98 Å². The van der Waals surface area contributed by atoms with Crippen molar-refractivity contribution in [2.75, 3.05) is 0 Å². The lowest BCUT2D eigenvalue weighted by molar-refractivity contribution is 0.0465. The Hall–Kier alpha value is -1.58. The molecule has 1 heterocycles. The van der Waals surface area contributed by atoms with E-state index in [9.17, 15) is 5.11 Å². The highest BCUT2D eigenvalue weighted by Crippen LogP contribution is 2.23. The number of halogens is 1. The number of benzene rings is 1. The molecule has 0 saturated carbocycles. The van der Waals surface area contributed by atoms with Gasteiger partial charge < -0.3 is 9.84 Å². The van der Waals surface area contributed by atoms with Crippen LogP contribution in [-0.2, 0) is 0 Å². The van der Waals surface area contributed by atoms with Gasteiger partial charge in [0.1, 0.15) is 18.0 Å². The summed E-state index contributed by atoms with van der Waals surface area (Å²) >= 11 is 5.89. The fourth-order valence-electron chi connectivity index (χ4n) is 1.74. The zero-order valence-corrected chi connectivity index (χ0v) is 11.6. The summed E-state index contributed by atoms with van der Waals surface area (Å²) in [6, 6.07) is 10.8. The molecule has 0 bridgehead atoms. The largest absolute Gasteiger partial charge is 0.488 e. The highest BCUT2D eigenvalue weighted by molar-refractivity contribution is 6.30. The predicted molar refractivity (Wildman–Crippen MR) is 75.5 cm³/mol. The van der Waals surface area contributed by atoms with Gasteiger partial charge in [0.25, 0.3) is 0 Å². The van der Waals surface area contributed by atoms with E-state index >= 15 is 0 Å². The standard InChI is InChI=1S/C15H16ClNO2/c1-10-6-7-12(9-17-10)15(18)11(2)19-14-5-3-4-13(16)8-14/h3-9,11,15,18H,1-2H3. The first-order chi connectivity index (χ1) is 9.06. The molecule has 0 aliphatic rings. The second-order valence-corrected chi connectivity index (χ2v) is 4.89. The Morgan fingerprint density at radius 2 is 2.05 bits per heavy atom. The van der Waals surface area contributed by atoms with Crippen molar-refractivity contribution in [2.45, 2.75) is 26.1 Å². The van der Waals surface area contributed by atoms with Crippen LogP contribution in [0.4, 0.5) is 0 Å². The normalized spacial score (nSPS) is 13.9. The fraction of sp³-hybridized carbons (Fsp3) is 0.267. The molecule has 100 valence electrons. The van der Waals surface area contributed by atoms with E-state index in [2.05, 4.69) is 4.98 Å². The van der Waals surface area contributed by atoms with Crippen LogP contribution in [0.25, 0.3) is 0 Å². The van der Waals surface area contributed by atoms with Gasteiger partial charge in [0, 0.05) is 22.5 Å². The van der Waals surface area contributed by atoms with E-state index in [1.165, 1.54) is 0 Å². The minimum absolute atomic E-state index is 0.386. The van der Waals surface area contributed by atoms with Crippen molar-refractivity contribution in [3.05, 3.63) is 58.9 Å². The minimum atomic E-state index is -0.730.